The first kappa shape index (κ1) is 16.9. The summed E-state index contributed by atoms with van der Waals surface area (Å²) >= 11 is 0. The smallest absolute Gasteiger partial charge is 0.0707 e. The highest BCUT2D eigenvalue weighted by atomic mass is 16.5. The van der Waals surface area contributed by atoms with Crippen molar-refractivity contribution in [3.8, 4) is 0 Å². The fraction of sp³-hybridized carbons (Fsp3) is 1.00. The molecule has 1 saturated heterocycles. The Morgan fingerprint density at radius 2 is 1.63 bits per heavy atom. The number of hydrogen-bond donors (Lipinski definition) is 1. The van der Waals surface area contributed by atoms with E-state index in [0.29, 0.717) is 12.2 Å². The van der Waals surface area contributed by atoms with Gasteiger partial charge in [0.1, 0.15) is 0 Å². The van der Waals surface area contributed by atoms with E-state index in [9.17, 15) is 0 Å². The second kappa shape index (κ2) is 8.93. The van der Waals surface area contributed by atoms with Gasteiger partial charge >= 0.3 is 0 Å². The fourth-order valence-electron chi connectivity index (χ4n) is 2.91. The number of rotatable bonds is 9. The molecule has 1 aliphatic rings. The summed E-state index contributed by atoms with van der Waals surface area (Å²) in [7, 11) is 0. The van der Waals surface area contributed by atoms with Crippen molar-refractivity contribution in [2.45, 2.75) is 59.7 Å². The Morgan fingerprint density at radius 1 is 1.05 bits per heavy atom. The van der Waals surface area contributed by atoms with Gasteiger partial charge in [0.05, 0.1) is 12.2 Å². The molecule has 0 radical (unpaired) electrons. The molecule has 0 aromatic carbocycles. The molecule has 1 aliphatic heterocycles. The van der Waals surface area contributed by atoms with Crippen LogP contribution in [-0.2, 0) is 4.74 Å². The topological polar surface area (TPSA) is 24.5 Å². The molecule has 0 saturated carbocycles. The van der Waals surface area contributed by atoms with Crippen LogP contribution in [0.4, 0.5) is 0 Å². The van der Waals surface area contributed by atoms with Crippen LogP contribution in [0.15, 0.2) is 0 Å². The number of nitrogens with one attached hydrogen (secondary N) is 1. The summed E-state index contributed by atoms with van der Waals surface area (Å²) in [5.41, 5.74) is 0. The van der Waals surface area contributed by atoms with Gasteiger partial charge < -0.3 is 15.0 Å². The lowest BCUT2D eigenvalue weighted by Crippen LogP contribution is -2.38. The molecule has 0 bridgehead atoms. The van der Waals surface area contributed by atoms with E-state index in [1.807, 2.05) is 0 Å². The van der Waals surface area contributed by atoms with E-state index in [0.717, 1.165) is 31.5 Å². The molecule has 0 aromatic rings. The van der Waals surface area contributed by atoms with Gasteiger partial charge in [-0.1, -0.05) is 34.6 Å². The molecule has 2 atom stereocenters. The van der Waals surface area contributed by atoms with E-state index in [-0.39, 0.29) is 0 Å². The molecule has 0 aliphatic carbocycles. The van der Waals surface area contributed by atoms with Gasteiger partial charge in [0.15, 0.2) is 0 Å². The van der Waals surface area contributed by atoms with Gasteiger partial charge in [-0.3, -0.25) is 0 Å². The minimum Gasteiger partial charge on any atom is -0.372 e. The maximum atomic E-state index is 6.15. The van der Waals surface area contributed by atoms with Crippen LogP contribution in [0.1, 0.15) is 47.5 Å². The maximum Gasteiger partial charge on any atom is 0.0707 e. The van der Waals surface area contributed by atoms with Crippen molar-refractivity contribution >= 4 is 0 Å². The van der Waals surface area contributed by atoms with E-state index < -0.39 is 0 Å². The first-order valence-electron chi connectivity index (χ1n) is 8.09. The zero-order valence-corrected chi connectivity index (χ0v) is 13.6. The summed E-state index contributed by atoms with van der Waals surface area (Å²) in [5, 5.41) is 3.39. The molecule has 3 nitrogen and oxygen atoms in total. The standard InChI is InChI=1S/C16H34N2O/c1-6-17-9-15-7-8-16(19-15)12-18(10-13(2)3)11-14(4)5/h13-17H,6-12H2,1-5H3. The van der Waals surface area contributed by atoms with Crippen molar-refractivity contribution in [2.75, 3.05) is 32.7 Å². The van der Waals surface area contributed by atoms with Crippen LogP contribution in [0.25, 0.3) is 0 Å². The van der Waals surface area contributed by atoms with Crippen LogP contribution in [-0.4, -0.2) is 49.8 Å². The molecule has 1 N–H and O–H groups in total. The zero-order chi connectivity index (χ0) is 14.3. The van der Waals surface area contributed by atoms with Crippen molar-refractivity contribution in [1.82, 2.24) is 10.2 Å². The van der Waals surface area contributed by atoms with Gasteiger partial charge in [-0.2, -0.15) is 0 Å². The normalized spacial score (nSPS) is 24.0. The Kier molecular flexibility index (Phi) is 7.96. The molecule has 1 heterocycles. The number of nitrogens with zero attached hydrogens (tertiary/aromatic N) is 1. The van der Waals surface area contributed by atoms with Gasteiger partial charge in [-0.05, 0) is 31.2 Å². The molecule has 0 amide bonds. The van der Waals surface area contributed by atoms with E-state index in [1.54, 1.807) is 0 Å². The zero-order valence-electron chi connectivity index (χ0n) is 13.6. The van der Waals surface area contributed by atoms with E-state index >= 15 is 0 Å². The molecule has 0 aromatic heterocycles. The van der Waals surface area contributed by atoms with Crippen molar-refractivity contribution in [2.24, 2.45) is 11.8 Å². The molecule has 2 unspecified atom stereocenters. The number of likely N-dealkylation sites (N-methyl/N-ethyl adjacent to an activating group) is 1. The lowest BCUT2D eigenvalue weighted by molar-refractivity contribution is 0.0194. The maximum absolute atomic E-state index is 6.15. The predicted octanol–water partition coefficient (Wildman–Crippen LogP) is 2.76. The van der Waals surface area contributed by atoms with Gasteiger partial charge in [-0.25, -0.2) is 0 Å². The summed E-state index contributed by atoms with van der Waals surface area (Å²) < 4.78 is 6.15. The fourth-order valence-corrected chi connectivity index (χ4v) is 2.91. The van der Waals surface area contributed by atoms with Gasteiger partial charge in [0, 0.05) is 26.2 Å². The molecular formula is C16H34N2O. The van der Waals surface area contributed by atoms with Gasteiger partial charge in [-0.15, -0.1) is 0 Å². The Hall–Kier alpha value is -0.120. The molecule has 0 spiro atoms. The van der Waals surface area contributed by atoms with Crippen molar-refractivity contribution in [3.63, 3.8) is 0 Å². The highest BCUT2D eigenvalue weighted by molar-refractivity contribution is 4.78. The van der Waals surface area contributed by atoms with E-state index in [2.05, 4.69) is 44.8 Å². The summed E-state index contributed by atoms with van der Waals surface area (Å²) in [6.07, 6.45) is 3.32. The number of ether oxygens (including phenoxy) is 1. The monoisotopic (exact) mass is 270 g/mol. The Balaban J connectivity index is 2.33. The Bertz CT molecular complexity index is 221. The minimum absolute atomic E-state index is 0.435. The molecular weight excluding hydrogens is 236 g/mol. The third-order valence-corrected chi connectivity index (χ3v) is 3.53. The van der Waals surface area contributed by atoms with Crippen LogP contribution in [0, 0.1) is 11.8 Å². The Morgan fingerprint density at radius 3 is 2.16 bits per heavy atom. The highest BCUT2D eigenvalue weighted by Gasteiger charge is 2.26. The van der Waals surface area contributed by atoms with Crippen LogP contribution >= 0.6 is 0 Å². The molecule has 19 heavy (non-hydrogen) atoms. The molecule has 1 rings (SSSR count). The third kappa shape index (κ3) is 7.28. The summed E-state index contributed by atoms with van der Waals surface area (Å²) in [5.74, 6) is 1.47. The quantitative estimate of drug-likeness (QED) is 0.697. The minimum atomic E-state index is 0.435. The molecule has 114 valence electrons. The van der Waals surface area contributed by atoms with Crippen LogP contribution < -0.4 is 5.32 Å². The average molecular weight is 270 g/mol. The Labute approximate surface area is 120 Å². The van der Waals surface area contributed by atoms with E-state index in [1.165, 1.54) is 25.9 Å². The van der Waals surface area contributed by atoms with Crippen LogP contribution in [0.2, 0.25) is 0 Å². The SMILES string of the molecule is CCNCC1CCC(CN(CC(C)C)CC(C)C)O1. The summed E-state index contributed by atoms with van der Waals surface area (Å²) in [6.45, 7) is 16.9. The van der Waals surface area contributed by atoms with Gasteiger partial charge in [0.2, 0.25) is 0 Å². The average Bonchev–Trinajstić information content (AvgIpc) is 2.72. The third-order valence-electron chi connectivity index (χ3n) is 3.53. The lowest BCUT2D eigenvalue weighted by Gasteiger charge is -2.28. The summed E-state index contributed by atoms with van der Waals surface area (Å²) in [6, 6.07) is 0. The second-order valence-corrected chi connectivity index (χ2v) is 6.77. The van der Waals surface area contributed by atoms with Gasteiger partial charge in [0.25, 0.3) is 0 Å². The van der Waals surface area contributed by atoms with E-state index in [4.69, 9.17) is 4.74 Å². The largest absolute Gasteiger partial charge is 0.372 e. The van der Waals surface area contributed by atoms with Crippen LogP contribution in [0.5, 0.6) is 0 Å². The highest BCUT2D eigenvalue weighted by Crippen LogP contribution is 2.21. The first-order chi connectivity index (χ1) is 9.01. The second-order valence-electron chi connectivity index (χ2n) is 6.77. The van der Waals surface area contributed by atoms with Crippen molar-refractivity contribution in [1.29, 1.82) is 0 Å². The van der Waals surface area contributed by atoms with Crippen molar-refractivity contribution < 1.29 is 4.74 Å². The van der Waals surface area contributed by atoms with Crippen molar-refractivity contribution in [3.05, 3.63) is 0 Å². The van der Waals surface area contributed by atoms with Crippen LogP contribution in [0.3, 0.4) is 0 Å². The lowest BCUT2D eigenvalue weighted by atomic mass is 10.1. The molecule has 3 heteroatoms. The summed E-state index contributed by atoms with van der Waals surface area (Å²) in [4.78, 5) is 2.59. The predicted molar refractivity (Wildman–Crippen MR) is 82.6 cm³/mol. The first-order valence-corrected chi connectivity index (χ1v) is 8.09. The molecule has 1 fully saturated rings. The number of hydrogen-bond acceptors (Lipinski definition) is 3.